The summed E-state index contributed by atoms with van der Waals surface area (Å²) in [7, 11) is -1.73. The number of phenolic OH excluding ortho intramolecular Hbond substituents is 2. The summed E-state index contributed by atoms with van der Waals surface area (Å²) in [6, 6.07) is 21.1. The largest absolute Gasteiger partial charge is 0.707 e. The normalized spacial score (nSPS) is 9.81. The molecule has 0 aliphatic carbocycles. The fourth-order valence-corrected chi connectivity index (χ4v) is 2.34. The van der Waals surface area contributed by atoms with E-state index in [1.54, 1.807) is 48.5 Å². The zero-order chi connectivity index (χ0) is 18.9. The predicted molar refractivity (Wildman–Crippen MR) is 102 cm³/mol. The second-order valence-electron chi connectivity index (χ2n) is 5.48. The van der Waals surface area contributed by atoms with Crippen molar-refractivity contribution in [2.75, 3.05) is 0 Å². The van der Waals surface area contributed by atoms with E-state index in [0.717, 1.165) is 12.0 Å². The van der Waals surface area contributed by atoms with Crippen molar-refractivity contribution in [1.29, 1.82) is 0 Å². The number of benzene rings is 3. The molecule has 0 aromatic heterocycles. The lowest BCUT2D eigenvalue weighted by Crippen LogP contribution is -2.20. The quantitative estimate of drug-likeness (QED) is 0.541. The molecule has 3 rings (SSSR count). The van der Waals surface area contributed by atoms with Crippen LogP contribution in [0.2, 0.25) is 0 Å². The van der Waals surface area contributed by atoms with Crippen LogP contribution in [-0.2, 0) is 6.42 Å². The maximum Gasteiger partial charge on any atom is 0.707 e. The number of para-hydroxylation sites is 2. The highest BCUT2D eigenvalue weighted by Crippen LogP contribution is 2.35. The first kappa shape index (κ1) is 19.4. The molecular formula is C20H21BO5. The average Bonchev–Trinajstić information content (AvgIpc) is 2.64. The van der Waals surface area contributed by atoms with Crippen molar-refractivity contribution in [3.05, 3.63) is 78.4 Å². The molecule has 0 unspecified atom stereocenters. The zero-order valence-electron chi connectivity index (χ0n) is 14.4. The van der Waals surface area contributed by atoms with Crippen LogP contribution in [0.15, 0.2) is 72.8 Å². The Morgan fingerprint density at radius 1 is 0.769 bits per heavy atom. The van der Waals surface area contributed by atoms with Gasteiger partial charge in [0.15, 0.2) is 0 Å². The van der Waals surface area contributed by atoms with Crippen LogP contribution >= 0.6 is 0 Å². The third-order valence-electron chi connectivity index (χ3n) is 3.65. The highest BCUT2D eigenvalue weighted by Gasteiger charge is 2.10. The van der Waals surface area contributed by atoms with Gasteiger partial charge >= 0.3 is 7.32 Å². The smallest absolute Gasteiger partial charge is 0.512 e. The van der Waals surface area contributed by atoms with E-state index in [0.29, 0.717) is 16.9 Å². The molecule has 0 aliphatic rings. The van der Waals surface area contributed by atoms with Crippen molar-refractivity contribution in [2.45, 2.75) is 13.3 Å². The molecule has 26 heavy (non-hydrogen) atoms. The van der Waals surface area contributed by atoms with Gasteiger partial charge in [0, 0.05) is 11.1 Å². The second kappa shape index (κ2) is 9.51. The van der Waals surface area contributed by atoms with Crippen molar-refractivity contribution in [3.63, 3.8) is 0 Å². The van der Waals surface area contributed by atoms with Crippen LogP contribution < -0.4 is 4.65 Å². The molecule has 0 aliphatic heterocycles. The summed E-state index contributed by atoms with van der Waals surface area (Å²) in [5, 5.41) is 36.2. The van der Waals surface area contributed by atoms with Gasteiger partial charge in [-0.05, 0) is 42.3 Å². The molecule has 0 saturated carbocycles. The fraction of sp³-hybridized carbons (Fsp3) is 0.100. The maximum absolute atomic E-state index is 9.80. The lowest BCUT2D eigenvalue weighted by molar-refractivity contribution is 0.288. The van der Waals surface area contributed by atoms with E-state index in [1.807, 2.05) is 24.3 Å². The van der Waals surface area contributed by atoms with Gasteiger partial charge in [0.25, 0.3) is 0 Å². The SMILES string of the molecule is CCc1ccc(O)c(-c2ccccc2O)c1.OB(O)Oc1ccccc1. The molecule has 0 atom stereocenters. The van der Waals surface area contributed by atoms with Gasteiger partial charge in [-0.3, -0.25) is 0 Å². The van der Waals surface area contributed by atoms with E-state index in [4.69, 9.17) is 10.0 Å². The Hall–Kier alpha value is -2.96. The monoisotopic (exact) mass is 352 g/mol. The molecule has 0 saturated heterocycles. The average molecular weight is 352 g/mol. The van der Waals surface area contributed by atoms with E-state index in [2.05, 4.69) is 11.6 Å². The Morgan fingerprint density at radius 2 is 1.38 bits per heavy atom. The second-order valence-corrected chi connectivity index (χ2v) is 5.48. The van der Waals surface area contributed by atoms with Crippen molar-refractivity contribution in [3.8, 4) is 28.4 Å². The topological polar surface area (TPSA) is 90.2 Å². The lowest BCUT2D eigenvalue weighted by Gasteiger charge is -2.08. The van der Waals surface area contributed by atoms with Crippen LogP contribution in [0.5, 0.6) is 17.2 Å². The first-order valence-electron chi connectivity index (χ1n) is 8.19. The lowest BCUT2D eigenvalue weighted by atomic mass is 10.0. The van der Waals surface area contributed by atoms with Crippen molar-refractivity contribution in [1.82, 2.24) is 0 Å². The standard InChI is InChI=1S/C14H14O2.C6H7BO3/c1-2-10-7-8-14(16)12(9-10)11-5-3-4-6-13(11)15;8-7(9)10-6-4-2-1-3-5-6/h3-9,15-16H,2H2,1H3;1-5,8-9H. The van der Waals surface area contributed by atoms with Crippen LogP contribution in [0.25, 0.3) is 11.1 Å². The molecule has 3 aromatic rings. The third-order valence-corrected chi connectivity index (χ3v) is 3.65. The predicted octanol–water partition coefficient (Wildman–Crippen LogP) is 3.36. The van der Waals surface area contributed by atoms with Crippen molar-refractivity contribution in [2.24, 2.45) is 0 Å². The number of aryl methyl sites for hydroxylation is 1. The van der Waals surface area contributed by atoms with Crippen molar-refractivity contribution < 1.29 is 24.9 Å². The molecule has 5 nitrogen and oxygen atoms in total. The number of hydrogen-bond acceptors (Lipinski definition) is 5. The molecular weight excluding hydrogens is 331 g/mol. The minimum Gasteiger partial charge on any atom is -0.512 e. The molecule has 0 bridgehead atoms. The highest BCUT2D eigenvalue weighted by molar-refractivity contribution is 6.33. The van der Waals surface area contributed by atoms with Gasteiger partial charge < -0.3 is 24.9 Å². The van der Waals surface area contributed by atoms with Gasteiger partial charge in [0.1, 0.15) is 17.2 Å². The third kappa shape index (κ3) is 5.55. The number of hydrogen-bond donors (Lipinski definition) is 4. The highest BCUT2D eigenvalue weighted by atomic mass is 16.6. The first-order valence-corrected chi connectivity index (χ1v) is 8.19. The summed E-state index contributed by atoms with van der Waals surface area (Å²) in [5.74, 6) is 0.822. The summed E-state index contributed by atoms with van der Waals surface area (Å²) in [6.45, 7) is 2.06. The van der Waals surface area contributed by atoms with Crippen LogP contribution in [0.3, 0.4) is 0 Å². The van der Waals surface area contributed by atoms with Gasteiger partial charge in [0.05, 0.1) is 0 Å². The minimum atomic E-state index is -1.73. The van der Waals surface area contributed by atoms with Gasteiger partial charge in [-0.1, -0.05) is 49.4 Å². The van der Waals surface area contributed by atoms with E-state index < -0.39 is 7.32 Å². The molecule has 0 amide bonds. The first-order chi connectivity index (χ1) is 12.5. The zero-order valence-corrected chi connectivity index (χ0v) is 14.4. The van der Waals surface area contributed by atoms with Crippen LogP contribution in [0.1, 0.15) is 12.5 Å². The minimum absolute atomic E-state index is 0.186. The number of phenols is 2. The van der Waals surface area contributed by atoms with E-state index in [-0.39, 0.29) is 11.5 Å². The Kier molecular flexibility index (Phi) is 7.08. The van der Waals surface area contributed by atoms with E-state index in [9.17, 15) is 10.2 Å². The van der Waals surface area contributed by atoms with Gasteiger partial charge in [-0.2, -0.15) is 0 Å². The van der Waals surface area contributed by atoms with E-state index in [1.165, 1.54) is 0 Å². The molecule has 0 fully saturated rings. The molecule has 0 spiro atoms. The van der Waals surface area contributed by atoms with Crippen LogP contribution in [-0.4, -0.2) is 27.6 Å². The molecule has 134 valence electrons. The summed E-state index contributed by atoms with van der Waals surface area (Å²) >= 11 is 0. The van der Waals surface area contributed by atoms with E-state index >= 15 is 0 Å². The molecule has 0 radical (unpaired) electrons. The summed E-state index contributed by atoms with van der Waals surface area (Å²) in [5.41, 5.74) is 2.48. The summed E-state index contributed by atoms with van der Waals surface area (Å²) < 4.78 is 4.53. The molecule has 6 heteroatoms. The van der Waals surface area contributed by atoms with Gasteiger partial charge in [-0.25, -0.2) is 0 Å². The molecule has 0 heterocycles. The van der Waals surface area contributed by atoms with Crippen LogP contribution in [0.4, 0.5) is 0 Å². The summed E-state index contributed by atoms with van der Waals surface area (Å²) in [6.07, 6.45) is 0.904. The Morgan fingerprint density at radius 3 is 2.00 bits per heavy atom. The van der Waals surface area contributed by atoms with Gasteiger partial charge in [0.2, 0.25) is 0 Å². The maximum atomic E-state index is 9.80. The molecule has 3 aromatic carbocycles. The van der Waals surface area contributed by atoms with Gasteiger partial charge in [-0.15, -0.1) is 0 Å². The number of aromatic hydroxyl groups is 2. The Labute approximate surface area is 152 Å². The number of rotatable bonds is 4. The fourth-order valence-electron chi connectivity index (χ4n) is 2.34. The molecule has 4 N–H and O–H groups in total. The summed E-state index contributed by atoms with van der Waals surface area (Å²) in [4.78, 5) is 0. The Balaban J connectivity index is 0.000000209. The van der Waals surface area contributed by atoms with Crippen LogP contribution in [0, 0.1) is 0 Å². The van der Waals surface area contributed by atoms with Crippen molar-refractivity contribution >= 4 is 7.32 Å². The Bertz CT molecular complexity index is 821.